The summed E-state index contributed by atoms with van der Waals surface area (Å²) in [5, 5.41) is 3.15. The zero-order valence-electron chi connectivity index (χ0n) is 9.55. The summed E-state index contributed by atoms with van der Waals surface area (Å²) >= 11 is 0. The van der Waals surface area contributed by atoms with E-state index < -0.39 is 0 Å². The van der Waals surface area contributed by atoms with Gasteiger partial charge in [-0.2, -0.15) is 0 Å². The van der Waals surface area contributed by atoms with Gasteiger partial charge in [0.05, 0.1) is 0 Å². The number of Topliss-reactive ketones (excluding diaryl/α,β-unsaturated/α-hetero) is 1. The number of aryl methyl sites for hydroxylation is 1. The molecule has 2 heteroatoms. The van der Waals surface area contributed by atoms with Crippen molar-refractivity contribution in [1.29, 1.82) is 0 Å². The molecule has 0 spiro atoms. The molecule has 0 aliphatic rings. The fourth-order valence-corrected chi connectivity index (χ4v) is 1.45. The molecule has 0 amide bonds. The van der Waals surface area contributed by atoms with Crippen LogP contribution in [0, 0.1) is 0 Å². The third kappa shape index (κ3) is 3.84. The molecule has 0 heterocycles. The van der Waals surface area contributed by atoms with E-state index in [1.807, 2.05) is 31.2 Å². The molecular weight excluding hydrogens is 186 g/mol. The summed E-state index contributed by atoms with van der Waals surface area (Å²) in [6.07, 6.45) is 1.60. The molecule has 15 heavy (non-hydrogen) atoms. The van der Waals surface area contributed by atoms with Crippen LogP contribution in [0.5, 0.6) is 0 Å². The van der Waals surface area contributed by atoms with E-state index in [1.165, 1.54) is 5.56 Å². The second-order valence-corrected chi connectivity index (χ2v) is 3.58. The minimum Gasteiger partial charge on any atom is -0.317 e. The Balaban J connectivity index is 2.50. The van der Waals surface area contributed by atoms with E-state index >= 15 is 0 Å². The van der Waals surface area contributed by atoms with Crippen molar-refractivity contribution in [2.45, 2.75) is 26.7 Å². The van der Waals surface area contributed by atoms with Gasteiger partial charge in [0.25, 0.3) is 0 Å². The lowest BCUT2D eigenvalue weighted by atomic mass is 10.1. The van der Waals surface area contributed by atoms with Crippen molar-refractivity contribution in [3.05, 3.63) is 35.4 Å². The van der Waals surface area contributed by atoms with Crippen molar-refractivity contribution in [1.82, 2.24) is 5.32 Å². The Kier molecular flexibility index (Phi) is 5.05. The third-order valence-electron chi connectivity index (χ3n) is 2.46. The summed E-state index contributed by atoms with van der Waals surface area (Å²) in [5.74, 6) is 0.221. The zero-order valence-corrected chi connectivity index (χ0v) is 9.55. The zero-order chi connectivity index (χ0) is 11.1. The van der Waals surface area contributed by atoms with Crippen LogP contribution in [0.25, 0.3) is 0 Å². The monoisotopic (exact) mass is 205 g/mol. The van der Waals surface area contributed by atoms with Gasteiger partial charge in [-0.3, -0.25) is 4.79 Å². The van der Waals surface area contributed by atoms with Crippen LogP contribution < -0.4 is 5.32 Å². The van der Waals surface area contributed by atoms with Crippen LogP contribution in [0.15, 0.2) is 24.3 Å². The molecule has 0 aromatic heterocycles. The van der Waals surface area contributed by atoms with Crippen LogP contribution in [0.2, 0.25) is 0 Å². The van der Waals surface area contributed by atoms with E-state index in [2.05, 4.69) is 12.2 Å². The van der Waals surface area contributed by atoms with Gasteiger partial charge >= 0.3 is 0 Å². The smallest absolute Gasteiger partial charge is 0.164 e. The van der Waals surface area contributed by atoms with Gasteiger partial charge in [0, 0.05) is 18.5 Å². The molecule has 0 radical (unpaired) electrons. The summed E-state index contributed by atoms with van der Waals surface area (Å²) in [5.41, 5.74) is 2.10. The minimum absolute atomic E-state index is 0.221. The molecule has 0 aliphatic heterocycles. The third-order valence-corrected chi connectivity index (χ3v) is 2.46. The van der Waals surface area contributed by atoms with Gasteiger partial charge in [0.1, 0.15) is 0 Å². The van der Waals surface area contributed by atoms with E-state index in [0.29, 0.717) is 6.42 Å². The van der Waals surface area contributed by atoms with E-state index in [9.17, 15) is 4.79 Å². The Morgan fingerprint density at radius 3 is 2.40 bits per heavy atom. The highest BCUT2D eigenvalue weighted by molar-refractivity contribution is 5.96. The van der Waals surface area contributed by atoms with Crippen LogP contribution in [-0.2, 0) is 6.42 Å². The summed E-state index contributed by atoms with van der Waals surface area (Å²) in [6, 6.07) is 7.90. The standard InChI is InChI=1S/C13H19NO/c1-3-11-5-7-12(8-6-11)13(15)9-10-14-4-2/h5-8,14H,3-4,9-10H2,1-2H3. The largest absolute Gasteiger partial charge is 0.317 e. The lowest BCUT2D eigenvalue weighted by molar-refractivity contribution is 0.0983. The molecule has 1 aromatic rings. The highest BCUT2D eigenvalue weighted by Gasteiger charge is 2.04. The number of carbonyl (C=O) groups excluding carboxylic acids is 1. The summed E-state index contributed by atoms with van der Waals surface area (Å²) < 4.78 is 0. The van der Waals surface area contributed by atoms with Crippen LogP contribution in [0.3, 0.4) is 0 Å². The quantitative estimate of drug-likeness (QED) is 0.571. The molecule has 1 rings (SSSR count). The first-order valence-electron chi connectivity index (χ1n) is 5.60. The number of hydrogen-bond donors (Lipinski definition) is 1. The molecule has 1 N–H and O–H groups in total. The minimum atomic E-state index is 0.221. The van der Waals surface area contributed by atoms with Gasteiger partial charge in [-0.15, -0.1) is 0 Å². The molecule has 0 saturated heterocycles. The fraction of sp³-hybridized carbons (Fsp3) is 0.462. The number of ketones is 1. The summed E-state index contributed by atoms with van der Waals surface area (Å²) in [4.78, 5) is 11.7. The van der Waals surface area contributed by atoms with Gasteiger partial charge in [-0.1, -0.05) is 38.1 Å². The number of rotatable bonds is 6. The molecule has 0 aliphatic carbocycles. The highest BCUT2D eigenvalue weighted by atomic mass is 16.1. The summed E-state index contributed by atoms with van der Waals surface area (Å²) in [6.45, 7) is 5.84. The van der Waals surface area contributed by atoms with Gasteiger partial charge in [0.15, 0.2) is 5.78 Å². The number of benzene rings is 1. The maximum absolute atomic E-state index is 11.7. The van der Waals surface area contributed by atoms with Gasteiger partial charge in [-0.05, 0) is 18.5 Å². The predicted octanol–water partition coefficient (Wildman–Crippen LogP) is 2.43. The fourth-order valence-electron chi connectivity index (χ4n) is 1.45. The molecule has 0 fully saturated rings. The van der Waals surface area contributed by atoms with Crippen LogP contribution in [-0.4, -0.2) is 18.9 Å². The second-order valence-electron chi connectivity index (χ2n) is 3.58. The van der Waals surface area contributed by atoms with Gasteiger partial charge < -0.3 is 5.32 Å². The van der Waals surface area contributed by atoms with Crippen LogP contribution in [0.1, 0.15) is 36.2 Å². The number of nitrogens with one attached hydrogen (secondary N) is 1. The Hall–Kier alpha value is -1.15. The van der Waals surface area contributed by atoms with Crippen molar-refractivity contribution in [2.75, 3.05) is 13.1 Å². The van der Waals surface area contributed by atoms with Crippen molar-refractivity contribution in [2.24, 2.45) is 0 Å². The second kappa shape index (κ2) is 6.36. The van der Waals surface area contributed by atoms with Crippen molar-refractivity contribution < 1.29 is 4.79 Å². The lowest BCUT2D eigenvalue weighted by Gasteiger charge is -2.02. The molecule has 82 valence electrons. The van der Waals surface area contributed by atoms with Crippen molar-refractivity contribution >= 4 is 5.78 Å². The topological polar surface area (TPSA) is 29.1 Å². The molecule has 0 saturated carbocycles. The molecular formula is C13H19NO. The van der Waals surface area contributed by atoms with Crippen LogP contribution in [0.4, 0.5) is 0 Å². The Morgan fingerprint density at radius 2 is 1.87 bits per heavy atom. The van der Waals surface area contributed by atoms with E-state index in [0.717, 1.165) is 25.1 Å². The Labute approximate surface area is 91.7 Å². The highest BCUT2D eigenvalue weighted by Crippen LogP contribution is 2.07. The number of carbonyl (C=O) groups is 1. The van der Waals surface area contributed by atoms with Crippen LogP contribution >= 0.6 is 0 Å². The van der Waals surface area contributed by atoms with E-state index in [4.69, 9.17) is 0 Å². The summed E-state index contributed by atoms with van der Waals surface area (Å²) in [7, 11) is 0. The normalized spacial score (nSPS) is 10.3. The maximum atomic E-state index is 11.7. The number of hydrogen-bond acceptors (Lipinski definition) is 2. The lowest BCUT2D eigenvalue weighted by Crippen LogP contribution is -2.17. The van der Waals surface area contributed by atoms with Crippen molar-refractivity contribution in [3.8, 4) is 0 Å². The first-order valence-corrected chi connectivity index (χ1v) is 5.60. The van der Waals surface area contributed by atoms with Gasteiger partial charge in [-0.25, -0.2) is 0 Å². The Morgan fingerprint density at radius 1 is 1.20 bits per heavy atom. The molecule has 0 atom stereocenters. The Bertz CT molecular complexity index is 303. The van der Waals surface area contributed by atoms with E-state index in [1.54, 1.807) is 0 Å². The average molecular weight is 205 g/mol. The average Bonchev–Trinajstić information content (AvgIpc) is 2.29. The SMILES string of the molecule is CCNCCC(=O)c1ccc(CC)cc1. The maximum Gasteiger partial charge on any atom is 0.164 e. The molecule has 0 bridgehead atoms. The van der Waals surface area contributed by atoms with Gasteiger partial charge in [0.2, 0.25) is 0 Å². The first kappa shape index (κ1) is 11.9. The molecule has 0 unspecified atom stereocenters. The molecule has 1 aromatic carbocycles. The first-order chi connectivity index (χ1) is 7.27. The van der Waals surface area contributed by atoms with Crippen molar-refractivity contribution in [3.63, 3.8) is 0 Å². The van der Waals surface area contributed by atoms with E-state index in [-0.39, 0.29) is 5.78 Å². The predicted molar refractivity (Wildman–Crippen MR) is 63.3 cm³/mol. The molecule has 2 nitrogen and oxygen atoms in total.